The van der Waals surface area contributed by atoms with Gasteiger partial charge in [-0.3, -0.25) is 4.79 Å². The zero-order valence-electron chi connectivity index (χ0n) is 7.36. The summed E-state index contributed by atoms with van der Waals surface area (Å²) >= 11 is 0. The zero-order valence-corrected chi connectivity index (χ0v) is 7.36. The lowest BCUT2D eigenvalue weighted by molar-refractivity contribution is -0.136. The Hall–Kier alpha value is -1.32. The van der Waals surface area contributed by atoms with Gasteiger partial charge in [-0.15, -0.1) is 0 Å². The van der Waals surface area contributed by atoms with Crippen LogP contribution in [0.1, 0.15) is 30.9 Å². The summed E-state index contributed by atoms with van der Waals surface area (Å²) in [6.45, 7) is 2.13. The highest BCUT2D eigenvalue weighted by atomic mass is 16.4. The van der Waals surface area contributed by atoms with E-state index in [9.17, 15) is 4.79 Å². The fraction of sp³-hybridized carbons (Fsp3) is 0.556. The van der Waals surface area contributed by atoms with Crippen molar-refractivity contribution in [3.63, 3.8) is 0 Å². The molecule has 0 amide bonds. The summed E-state index contributed by atoms with van der Waals surface area (Å²) in [6, 6.07) is 0. The second-order valence-corrected chi connectivity index (χ2v) is 3.55. The standard InChI is InChI=1S/C9H11NO3/c1-5-2-7(5)9-10-4-6(13-9)3-8(11)12/h4-5,7H,2-3H2,1H3,(H,11,12)/t5-,7-/m0/s1. The van der Waals surface area contributed by atoms with Crippen LogP contribution in [0, 0.1) is 5.92 Å². The van der Waals surface area contributed by atoms with Gasteiger partial charge in [0, 0.05) is 5.92 Å². The molecule has 1 aromatic rings. The summed E-state index contributed by atoms with van der Waals surface area (Å²) in [5, 5.41) is 8.49. The Morgan fingerprint density at radius 2 is 2.54 bits per heavy atom. The highest BCUT2D eigenvalue weighted by Gasteiger charge is 2.38. The molecule has 0 aromatic carbocycles. The monoisotopic (exact) mass is 181 g/mol. The van der Waals surface area contributed by atoms with Gasteiger partial charge in [0.15, 0.2) is 5.89 Å². The van der Waals surface area contributed by atoms with Crippen molar-refractivity contribution in [2.24, 2.45) is 5.92 Å². The van der Waals surface area contributed by atoms with Crippen molar-refractivity contribution in [2.75, 3.05) is 0 Å². The number of aromatic nitrogens is 1. The number of carboxylic acid groups (broad SMARTS) is 1. The first-order chi connectivity index (χ1) is 6.16. The minimum absolute atomic E-state index is 0.0753. The van der Waals surface area contributed by atoms with Gasteiger partial charge < -0.3 is 9.52 Å². The largest absolute Gasteiger partial charge is 0.481 e. The van der Waals surface area contributed by atoms with E-state index < -0.39 is 5.97 Å². The topological polar surface area (TPSA) is 63.3 Å². The highest BCUT2D eigenvalue weighted by Crippen LogP contribution is 2.46. The number of hydrogen-bond donors (Lipinski definition) is 1. The number of rotatable bonds is 3. The van der Waals surface area contributed by atoms with Crippen molar-refractivity contribution in [2.45, 2.75) is 25.7 Å². The summed E-state index contributed by atoms with van der Waals surface area (Å²) in [4.78, 5) is 14.4. The molecule has 70 valence electrons. The number of hydrogen-bond acceptors (Lipinski definition) is 3. The van der Waals surface area contributed by atoms with E-state index in [4.69, 9.17) is 9.52 Å². The summed E-state index contributed by atoms with van der Waals surface area (Å²) in [6.07, 6.45) is 2.54. The Morgan fingerprint density at radius 1 is 1.85 bits per heavy atom. The van der Waals surface area contributed by atoms with Crippen LogP contribution in [-0.2, 0) is 11.2 Å². The predicted molar refractivity (Wildman–Crippen MR) is 44.4 cm³/mol. The minimum Gasteiger partial charge on any atom is -0.481 e. The molecule has 1 saturated carbocycles. The lowest BCUT2D eigenvalue weighted by Gasteiger charge is -1.89. The van der Waals surface area contributed by atoms with E-state index in [-0.39, 0.29) is 6.42 Å². The Morgan fingerprint density at radius 3 is 3.08 bits per heavy atom. The number of aliphatic carboxylic acids is 1. The molecule has 1 aliphatic rings. The van der Waals surface area contributed by atoms with Crippen molar-refractivity contribution in [1.82, 2.24) is 4.98 Å². The van der Waals surface area contributed by atoms with Gasteiger partial charge in [-0.25, -0.2) is 4.98 Å². The van der Waals surface area contributed by atoms with Gasteiger partial charge in [-0.05, 0) is 12.3 Å². The van der Waals surface area contributed by atoms with Gasteiger partial charge in [0.2, 0.25) is 0 Å². The van der Waals surface area contributed by atoms with Crippen LogP contribution in [0.15, 0.2) is 10.6 Å². The SMILES string of the molecule is C[C@H]1C[C@@H]1c1ncc(CC(=O)O)o1. The van der Waals surface area contributed by atoms with Crippen LogP contribution in [-0.4, -0.2) is 16.1 Å². The van der Waals surface area contributed by atoms with Crippen molar-refractivity contribution >= 4 is 5.97 Å². The normalized spacial score (nSPS) is 25.9. The third-order valence-electron chi connectivity index (χ3n) is 2.32. The van der Waals surface area contributed by atoms with Crippen LogP contribution in [0.4, 0.5) is 0 Å². The Kier molecular flexibility index (Phi) is 1.83. The first-order valence-corrected chi connectivity index (χ1v) is 4.33. The maximum Gasteiger partial charge on any atom is 0.311 e. The number of nitrogens with zero attached hydrogens (tertiary/aromatic N) is 1. The van der Waals surface area contributed by atoms with E-state index in [1.807, 2.05) is 0 Å². The fourth-order valence-corrected chi connectivity index (χ4v) is 1.39. The molecule has 0 aliphatic heterocycles. The van der Waals surface area contributed by atoms with Gasteiger partial charge in [-0.1, -0.05) is 6.92 Å². The smallest absolute Gasteiger partial charge is 0.311 e. The molecule has 0 unspecified atom stereocenters. The molecule has 0 bridgehead atoms. The highest BCUT2D eigenvalue weighted by molar-refractivity contribution is 5.69. The van der Waals surface area contributed by atoms with Gasteiger partial charge in [0.25, 0.3) is 0 Å². The lowest BCUT2D eigenvalue weighted by atomic mass is 10.3. The molecule has 0 spiro atoms. The van der Waals surface area contributed by atoms with E-state index >= 15 is 0 Å². The maximum atomic E-state index is 10.3. The maximum absolute atomic E-state index is 10.3. The minimum atomic E-state index is -0.883. The second-order valence-electron chi connectivity index (χ2n) is 3.55. The van der Waals surface area contributed by atoms with Gasteiger partial charge >= 0.3 is 5.97 Å². The Labute approximate surface area is 75.6 Å². The molecule has 1 N–H and O–H groups in total. The zero-order chi connectivity index (χ0) is 9.42. The first-order valence-electron chi connectivity index (χ1n) is 4.33. The van der Waals surface area contributed by atoms with Gasteiger partial charge in [0.1, 0.15) is 12.2 Å². The van der Waals surface area contributed by atoms with Crippen molar-refractivity contribution < 1.29 is 14.3 Å². The molecule has 0 saturated heterocycles. The molecule has 1 heterocycles. The molecular weight excluding hydrogens is 170 g/mol. The summed E-state index contributed by atoms with van der Waals surface area (Å²) in [5.41, 5.74) is 0. The number of carbonyl (C=O) groups is 1. The lowest BCUT2D eigenvalue weighted by Crippen LogP contribution is -1.97. The van der Waals surface area contributed by atoms with Gasteiger partial charge in [0.05, 0.1) is 6.20 Å². The molecular formula is C9H11NO3. The summed E-state index contributed by atoms with van der Waals surface area (Å²) < 4.78 is 5.30. The third-order valence-corrected chi connectivity index (χ3v) is 2.32. The first kappa shape index (κ1) is 8.29. The van der Waals surface area contributed by atoms with E-state index in [0.717, 1.165) is 6.42 Å². The van der Waals surface area contributed by atoms with Crippen molar-refractivity contribution in [3.8, 4) is 0 Å². The molecule has 0 radical (unpaired) electrons. The van der Waals surface area contributed by atoms with Crippen LogP contribution in [0.2, 0.25) is 0 Å². The fourth-order valence-electron chi connectivity index (χ4n) is 1.39. The van der Waals surface area contributed by atoms with Crippen LogP contribution < -0.4 is 0 Å². The Balaban J connectivity index is 2.05. The van der Waals surface area contributed by atoms with E-state index in [1.165, 1.54) is 6.20 Å². The van der Waals surface area contributed by atoms with Gasteiger partial charge in [-0.2, -0.15) is 0 Å². The average molecular weight is 181 g/mol. The van der Waals surface area contributed by atoms with Crippen LogP contribution in [0.5, 0.6) is 0 Å². The molecule has 1 aliphatic carbocycles. The second kappa shape index (κ2) is 2.87. The molecule has 2 rings (SSSR count). The Bertz CT molecular complexity index is 331. The molecule has 4 nitrogen and oxygen atoms in total. The molecule has 1 fully saturated rings. The van der Waals surface area contributed by atoms with E-state index in [2.05, 4.69) is 11.9 Å². The number of carboxylic acids is 1. The number of oxazole rings is 1. The quantitative estimate of drug-likeness (QED) is 0.766. The molecule has 13 heavy (non-hydrogen) atoms. The molecule has 4 heteroatoms. The van der Waals surface area contributed by atoms with Crippen LogP contribution >= 0.6 is 0 Å². The van der Waals surface area contributed by atoms with Crippen LogP contribution in [0.3, 0.4) is 0 Å². The average Bonchev–Trinajstić information content (AvgIpc) is 2.60. The molecule has 2 atom stereocenters. The van der Waals surface area contributed by atoms with Crippen molar-refractivity contribution in [1.29, 1.82) is 0 Å². The molecule has 1 aromatic heterocycles. The van der Waals surface area contributed by atoms with E-state index in [1.54, 1.807) is 0 Å². The van der Waals surface area contributed by atoms with E-state index in [0.29, 0.717) is 23.5 Å². The van der Waals surface area contributed by atoms with Crippen LogP contribution in [0.25, 0.3) is 0 Å². The summed E-state index contributed by atoms with van der Waals surface area (Å²) in [7, 11) is 0. The predicted octanol–water partition coefficient (Wildman–Crippen LogP) is 1.43. The van der Waals surface area contributed by atoms with Crippen molar-refractivity contribution in [3.05, 3.63) is 17.8 Å². The summed E-state index contributed by atoms with van der Waals surface area (Å²) in [5.74, 6) is 1.32. The third kappa shape index (κ3) is 1.71.